The lowest BCUT2D eigenvalue weighted by Gasteiger charge is -2.24. The summed E-state index contributed by atoms with van der Waals surface area (Å²) >= 11 is 0. The van der Waals surface area contributed by atoms with E-state index in [9.17, 15) is 0 Å². The number of benzene rings is 6. The number of nitrogens with one attached hydrogen (secondary N) is 1. The molecule has 9 rings (SSSR count). The fourth-order valence-corrected chi connectivity index (χ4v) is 6.46. The SMILES string of the molecule is c1ccc(C2=NC(c3cc(-c4ccc(-c5ccccc5)cc4)cc4oc5cc6ccncc6cc5c34)NC(c3ccccc3)=N2)cc1. The van der Waals surface area contributed by atoms with E-state index in [0.717, 1.165) is 66.4 Å². The number of pyridine rings is 1. The smallest absolute Gasteiger partial charge is 0.159 e. The molecule has 0 saturated carbocycles. The van der Waals surface area contributed by atoms with Crippen molar-refractivity contribution < 1.29 is 4.42 Å². The Morgan fingerprint density at radius 2 is 1.17 bits per heavy atom. The van der Waals surface area contributed by atoms with Gasteiger partial charge >= 0.3 is 0 Å². The van der Waals surface area contributed by atoms with E-state index in [0.29, 0.717) is 5.84 Å². The van der Waals surface area contributed by atoms with Gasteiger partial charge in [0.25, 0.3) is 0 Å². The van der Waals surface area contributed by atoms with Gasteiger partial charge in [-0.3, -0.25) is 4.98 Å². The fraction of sp³-hybridized carbons (Fsp3) is 0.0238. The second-order valence-corrected chi connectivity index (χ2v) is 11.7. The zero-order valence-corrected chi connectivity index (χ0v) is 25.3. The third-order valence-electron chi connectivity index (χ3n) is 8.80. The average molecular weight is 605 g/mol. The molecule has 0 saturated heterocycles. The van der Waals surface area contributed by atoms with Crippen LogP contribution in [0.1, 0.15) is 22.9 Å². The molecule has 5 nitrogen and oxygen atoms in total. The third-order valence-corrected chi connectivity index (χ3v) is 8.80. The summed E-state index contributed by atoms with van der Waals surface area (Å²) in [5, 5.41) is 7.89. The molecule has 6 aromatic carbocycles. The van der Waals surface area contributed by atoms with Crippen molar-refractivity contribution in [3.8, 4) is 22.3 Å². The highest BCUT2D eigenvalue weighted by atomic mass is 16.3. The number of furan rings is 1. The molecule has 47 heavy (non-hydrogen) atoms. The number of hydrogen-bond donors (Lipinski definition) is 1. The minimum atomic E-state index is -0.422. The van der Waals surface area contributed by atoms with Gasteiger partial charge in [-0.15, -0.1) is 0 Å². The summed E-state index contributed by atoms with van der Waals surface area (Å²) < 4.78 is 6.64. The van der Waals surface area contributed by atoms with Crippen molar-refractivity contribution >= 4 is 44.4 Å². The van der Waals surface area contributed by atoms with E-state index in [2.05, 4.69) is 107 Å². The first-order valence-electron chi connectivity index (χ1n) is 15.7. The van der Waals surface area contributed by atoms with E-state index in [4.69, 9.17) is 14.4 Å². The van der Waals surface area contributed by atoms with Crippen LogP contribution in [0.4, 0.5) is 0 Å². The van der Waals surface area contributed by atoms with Crippen LogP contribution < -0.4 is 5.32 Å². The zero-order chi connectivity index (χ0) is 31.2. The molecule has 0 amide bonds. The molecule has 1 aliphatic rings. The molecule has 1 unspecified atom stereocenters. The van der Waals surface area contributed by atoms with Gasteiger partial charge in [0, 0.05) is 45.2 Å². The van der Waals surface area contributed by atoms with Crippen LogP contribution in [0.2, 0.25) is 0 Å². The van der Waals surface area contributed by atoms with Gasteiger partial charge in [-0.05, 0) is 58.0 Å². The highest BCUT2D eigenvalue weighted by Crippen LogP contribution is 2.40. The number of amidine groups is 2. The first-order chi connectivity index (χ1) is 23.3. The quantitative estimate of drug-likeness (QED) is 0.213. The maximum absolute atomic E-state index is 6.64. The Bertz CT molecular complexity index is 2470. The molecule has 8 aromatic rings. The van der Waals surface area contributed by atoms with Crippen molar-refractivity contribution in [2.75, 3.05) is 0 Å². The maximum Gasteiger partial charge on any atom is 0.159 e. The van der Waals surface area contributed by atoms with E-state index in [1.54, 1.807) is 0 Å². The van der Waals surface area contributed by atoms with Crippen LogP contribution in [0.5, 0.6) is 0 Å². The highest BCUT2D eigenvalue weighted by molar-refractivity contribution is 6.15. The lowest BCUT2D eigenvalue weighted by Crippen LogP contribution is -2.33. The van der Waals surface area contributed by atoms with Gasteiger partial charge in [-0.2, -0.15) is 0 Å². The molecule has 1 atom stereocenters. The monoisotopic (exact) mass is 604 g/mol. The number of aromatic nitrogens is 1. The van der Waals surface area contributed by atoms with Crippen molar-refractivity contribution in [2.45, 2.75) is 6.17 Å². The van der Waals surface area contributed by atoms with Crippen LogP contribution in [-0.4, -0.2) is 16.7 Å². The Labute approximate surface area is 271 Å². The van der Waals surface area contributed by atoms with Gasteiger partial charge in [-0.25, -0.2) is 9.98 Å². The second kappa shape index (κ2) is 11.2. The summed E-state index contributed by atoms with van der Waals surface area (Å²) in [6, 6.07) is 50.3. The Morgan fingerprint density at radius 1 is 0.532 bits per heavy atom. The number of hydrogen-bond acceptors (Lipinski definition) is 5. The summed E-state index contributed by atoms with van der Waals surface area (Å²) in [6.45, 7) is 0. The van der Waals surface area contributed by atoms with E-state index in [1.807, 2.05) is 60.9 Å². The van der Waals surface area contributed by atoms with Crippen molar-refractivity contribution in [2.24, 2.45) is 9.98 Å². The van der Waals surface area contributed by atoms with Crippen LogP contribution in [0.3, 0.4) is 0 Å². The van der Waals surface area contributed by atoms with E-state index in [-0.39, 0.29) is 0 Å². The molecule has 0 aliphatic carbocycles. The largest absolute Gasteiger partial charge is 0.456 e. The topological polar surface area (TPSA) is 62.8 Å². The summed E-state index contributed by atoms with van der Waals surface area (Å²) in [6.07, 6.45) is 3.30. The molecule has 2 aromatic heterocycles. The van der Waals surface area contributed by atoms with Gasteiger partial charge in [-0.1, -0.05) is 115 Å². The number of fused-ring (bicyclic) bond motifs is 4. The molecule has 0 bridgehead atoms. The van der Waals surface area contributed by atoms with Crippen LogP contribution in [0.15, 0.2) is 172 Å². The molecule has 1 N–H and O–H groups in total. The minimum absolute atomic E-state index is 0.422. The number of rotatable bonds is 5. The van der Waals surface area contributed by atoms with Crippen molar-refractivity contribution in [1.82, 2.24) is 10.3 Å². The van der Waals surface area contributed by atoms with Crippen molar-refractivity contribution in [1.29, 1.82) is 0 Å². The third kappa shape index (κ3) is 4.95. The second-order valence-electron chi connectivity index (χ2n) is 11.7. The van der Waals surface area contributed by atoms with Gasteiger partial charge < -0.3 is 9.73 Å². The summed E-state index contributed by atoms with van der Waals surface area (Å²) in [5.74, 6) is 1.46. The lowest BCUT2D eigenvalue weighted by molar-refractivity contribution is 0.663. The standard InChI is InChI=1S/C42H28N4O/c1-4-10-27(11-5-1)28-16-18-29(19-17-28)33-22-36(39-35-23-34-26-43-21-20-32(34)24-37(35)47-38(39)25-33)42-45-40(30-12-6-2-7-13-30)44-41(46-42)31-14-8-3-9-15-31/h1-26,42H,(H,44,45,46). The molecular weight excluding hydrogens is 576 g/mol. The van der Waals surface area contributed by atoms with Gasteiger partial charge in [0.15, 0.2) is 5.84 Å². The van der Waals surface area contributed by atoms with Crippen LogP contribution in [-0.2, 0) is 0 Å². The predicted molar refractivity (Wildman–Crippen MR) is 192 cm³/mol. The Kier molecular flexibility index (Phi) is 6.46. The van der Waals surface area contributed by atoms with Crippen molar-refractivity contribution in [3.05, 3.63) is 175 Å². The van der Waals surface area contributed by atoms with Gasteiger partial charge in [0.1, 0.15) is 23.2 Å². The molecule has 5 heteroatoms. The van der Waals surface area contributed by atoms with E-state index < -0.39 is 6.17 Å². The van der Waals surface area contributed by atoms with E-state index >= 15 is 0 Å². The number of nitrogens with zero attached hydrogens (tertiary/aromatic N) is 3. The molecule has 0 spiro atoms. The maximum atomic E-state index is 6.64. The minimum Gasteiger partial charge on any atom is -0.456 e. The number of aliphatic imine (C=N–C) groups is 2. The molecule has 0 radical (unpaired) electrons. The van der Waals surface area contributed by atoms with Crippen LogP contribution in [0.25, 0.3) is 55.0 Å². The molecule has 1 aliphatic heterocycles. The molecule has 3 heterocycles. The first kappa shape index (κ1) is 27.0. The fourth-order valence-electron chi connectivity index (χ4n) is 6.46. The van der Waals surface area contributed by atoms with E-state index in [1.165, 1.54) is 11.1 Å². The Hall–Kier alpha value is -6.33. The summed E-state index contributed by atoms with van der Waals surface area (Å²) in [7, 11) is 0. The van der Waals surface area contributed by atoms with Crippen LogP contribution in [0, 0.1) is 0 Å². The molecular formula is C42H28N4O. The average Bonchev–Trinajstić information content (AvgIpc) is 3.51. The highest BCUT2D eigenvalue weighted by Gasteiger charge is 2.26. The van der Waals surface area contributed by atoms with Crippen molar-refractivity contribution in [3.63, 3.8) is 0 Å². The molecule has 222 valence electrons. The van der Waals surface area contributed by atoms with Crippen LogP contribution >= 0.6 is 0 Å². The lowest BCUT2D eigenvalue weighted by atomic mass is 9.95. The normalized spacial score (nSPS) is 14.6. The van der Waals surface area contributed by atoms with Gasteiger partial charge in [0.05, 0.1) is 0 Å². The Morgan fingerprint density at radius 3 is 1.89 bits per heavy atom. The summed E-state index contributed by atoms with van der Waals surface area (Å²) in [5.41, 5.74) is 9.14. The Balaban J connectivity index is 1.26. The predicted octanol–water partition coefficient (Wildman–Crippen LogP) is 9.96. The van der Waals surface area contributed by atoms with Gasteiger partial charge in [0.2, 0.25) is 0 Å². The summed E-state index contributed by atoms with van der Waals surface area (Å²) in [4.78, 5) is 14.6. The first-order valence-corrected chi connectivity index (χ1v) is 15.7. The molecule has 0 fully saturated rings. The zero-order valence-electron chi connectivity index (χ0n) is 25.3.